The fraction of sp³-hybridized carbons (Fsp3) is 0.571. The number of rotatable bonds is 5. The van der Waals surface area contributed by atoms with Crippen LogP contribution in [0.2, 0.25) is 0 Å². The molecule has 142 valence electrons. The fourth-order valence-electron chi connectivity index (χ4n) is 3.55. The number of likely N-dealkylation sites (tertiary alicyclic amines) is 1. The van der Waals surface area contributed by atoms with E-state index in [1.165, 1.54) is 5.56 Å². The van der Waals surface area contributed by atoms with E-state index < -0.39 is 0 Å². The van der Waals surface area contributed by atoms with Gasteiger partial charge in [-0.05, 0) is 57.8 Å². The molecule has 0 spiro atoms. The molecule has 2 aromatic rings. The third-order valence-corrected chi connectivity index (χ3v) is 5.34. The second kappa shape index (κ2) is 7.05. The van der Waals surface area contributed by atoms with Crippen LogP contribution < -0.4 is 10.5 Å². The number of aromatic nitrogens is 2. The molecular weight excluding hydrogens is 324 g/mol. The predicted octanol–water partition coefficient (Wildman–Crippen LogP) is 3.48. The minimum absolute atomic E-state index is 0.0529. The Hall–Kier alpha value is -1.85. The van der Waals surface area contributed by atoms with Gasteiger partial charge >= 0.3 is 0 Å². The molecule has 1 aliphatic rings. The van der Waals surface area contributed by atoms with Gasteiger partial charge in [-0.2, -0.15) is 5.10 Å². The van der Waals surface area contributed by atoms with Crippen LogP contribution in [0.1, 0.15) is 39.7 Å². The highest BCUT2D eigenvalue weighted by atomic mass is 16.5. The fourth-order valence-corrected chi connectivity index (χ4v) is 3.55. The lowest BCUT2D eigenvalue weighted by atomic mass is 9.90. The van der Waals surface area contributed by atoms with E-state index in [9.17, 15) is 0 Å². The summed E-state index contributed by atoms with van der Waals surface area (Å²) in [6.45, 7) is 12.6. The van der Waals surface area contributed by atoms with E-state index in [0.29, 0.717) is 0 Å². The first-order valence-corrected chi connectivity index (χ1v) is 9.40. The molecule has 1 fully saturated rings. The van der Waals surface area contributed by atoms with Gasteiger partial charge in [0.25, 0.3) is 0 Å². The molecule has 0 amide bonds. The summed E-state index contributed by atoms with van der Waals surface area (Å²) in [5, 5.41) is 4.94. The molecule has 1 aromatic heterocycles. The van der Waals surface area contributed by atoms with Crippen LogP contribution in [0.4, 0.5) is 0 Å². The van der Waals surface area contributed by atoms with E-state index in [1.807, 2.05) is 12.1 Å². The van der Waals surface area contributed by atoms with E-state index >= 15 is 0 Å². The Morgan fingerprint density at radius 2 is 2.08 bits per heavy atom. The van der Waals surface area contributed by atoms with Gasteiger partial charge in [-0.25, -0.2) is 0 Å². The van der Waals surface area contributed by atoms with Gasteiger partial charge in [0, 0.05) is 30.4 Å². The molecule has 0 radical (unpaired) electrons. The standard InChI is InChI=1S/C21H32N4O/c1-20(2,3)25-13-17(12-24-10-9-21(4,14-22)15-24)19(23-25)16-7-6-8-18(11-16)26-5/h6-8,11,13H,9-10,12,14-15,22H2,1-5H3. The molecule has 26 heavy (non-hydrogen) atoms. The van der Waals surface area contributed by atoms with Crippen LogP contribution in [0, 0.1) is 5.41 Å². The third-order valence-electron chi connectivity index (χ3n) is 5.34. The molecule has 2 N–H and O–H groups in total. The lowest BCUT2D eigenvalue weighted by Gasteiger charge is -2.22. The van der Waals surface area contributed by atoms with Crippen LogP contribution in [-0.4, -0.2) is 41.4 Å². The summed E-state index contributed by atoms with van der Waals surface area (Å²) in [6, 6.07) is 8.16. The molecule has 1 saturated heterocycles. The molecule has 2 heterocycles. The van der Waals surface area contributed by atoms with E-state index in [-0.39, 0.29) is 11.0 Å². The number of methoxy groups -OCH3 is 1. The minimum atomic E-state index is -0.0529. The topological polar surface area (TPSA) is 56.3 Å². The second-order valence-corrected chi connectivity index (χ2v) is 8.83. The van der Waals surface area contributed by atoms with Gasteiger partial charge in [0.15, 0.2) is 0 Å². The summed E-state index contributed by atoms with van der Waals surface area (Å²) in [6.07, 6.45) is 3.36. The molecule has 1 aliphatic heterocycles. The van der Waals surface area contributed by atoms with Gasteiger partial charge in [0.1, 0.15) is 5.75 Å². The Kier molecular flexibility index (Phi) is 5.13. The molecule has 1 unspecified atom stereocenters. The van der Waals surface area contributed by atoms with E-state index in [2.05, 4.69) is 55.6 Å². The molecule has 5 nitrogen and oxygen atoms in total. The number of hydrogen-bond acceptors (Lipinski definition) is 4. The first-order chi connectivity index (χ1) is 12.2. The van der Waals surface area contributed by atoms with Gasteiger partial charge in [-0.15, -0.1) is 0 Å². The van der Waals surface area contributed by atoms with Crippen molar-refractivity contribution in [1.82, 2.24) is 14.7 Å². The maximum atomic E-state index is 5.98. The lowest BCUT2D eigenvalue weighted by Crippen LogP contribution is -2.31. The highest BCUT2D eigenvalue weighted by molar-refractivity contribution is 5.64. The van der Waals surface area contributed by atoms with Crippen molar-refractivity contribution < 1.29 is 4.74 Å². The van der Waals surface area contributed by atoms with E-state index in [4.69, 9.17) is 15.6 Å². The van der Waals surface area contributed by atoms with Gasteiger partial charge in [0.05, 0.1) is 18.3 Å². The molecule has 5 heteroatoms. The molecular formula is C21H32N4O. The highest BCUT2D eigenvalue weighted by Crippen LogP contribution is 2.33. The van der Waals surface area contributed by atoms with Crippen molar-refractivity contribution in [2.75, 3.05) is 26.7 Å². The molecule has 1 aromatic carbocycles. The zero-order valence-electron chi connectivity index (χ0n) is 16.7. The summed E-state index contributed by atoms with van der Waals surface area (Å²) in [7, 11) is 1.70. The van der Waals surface area contributed by atoms with Crippen LogP contribution >= 0.6 is 0 Å². The summed E-state index contributed by atoms with van der Waals surface area (Å²) in [5.41, 5.74) is 9.56. The van der Waals surface area contributed by atoms with Crippen LogP contribution in [0.3, 0.4) is 0 Å². The Balaban J connectivity index is 1.94. The number of nitrogens with two attached hydrogens (primary N) is 1. The first kappa shape index (κ1) is 18.9. The van der Waals surface area contributed by atoms with E-state index in [1.54, 1.807) is 7.11 Å². The minimum Gasteiger partial charge on any atom is -0.497 e. The Morgan fingerprint density at radius 1 is 1.31 bits per heavy atom. The zero-order chi connectivity index (χ0) is 18.9. The summed E-state index contributed by atoms with van der Waals surface area (Å²) in [5.74, 6) is 0.857. The average Bonchev–Trinajstić information content (AvgIpc) is 3.20. The molecule has 0 bridgehead atoms. The highest BCUT2D eigenvalue weighted by Gasteiger charge is 2.33. The van der Waals surface area contributed by atoms with Gasteiger partial charge in [0.2, 0.25) is 0 Å². The van der Waals surface area contributed by atoms with Crippen LogP contribution in [0.5, 0.6) is 5.75 Å². The van der Waals surface area contributed by atoms with Crippen LogP contribution in [0.15, 0.2) is 30.5 Å². The maximum Gasteiger partial charge on any atom is 0.119 e. The zero-order valence-corrected chi connectivity index (χ0v) is 16.7. The van der Waals surface area contributed by atoms with Crippen molar-refractivity contribution in [3.63, 3.8) is 0 Å². The molecule has 0 aliphatic carbocycles. The van der Waals surface area contributed by atoms with Gasteiger partial charge < -0.3 is 10.5 Å². The first-order valence-electron chi connectivity index (χ1n) is 9.40. The number of benzene rings is 1. The SMILES string of the molecule is COc1cccc(-c2nn(C(C)(C)C)cc2CN2CCC(C)(CN)C2)c1. The van der Waals surface area contributed by atoms with Crippen LogP contribution in [-0.2, 0) is 12.1 Å². The largest absolute Gasteiger partial charge is 0.497 e. The number of ether oxygens (including phenoxy) is 1. The molecule has 1 atom stereocenters. The lowest BCUT2D eigenvalue weighted by molar-refractivity contribution is 0.274. The number of hydrogen-bond donors (Lipinski definition) is 1. The molecule has 0 saturated carbocycles. The second-order valence-electron chi connectivity index (χ2n) is 8.83. The third kappa shape index (κ3) is 3.94. The molecule has 3 rings (SSSR count). The van der Waals surface area contributed by atoms with E-state index in [0.717, 1.165) is 49.6 Å². The quantitative estimate of drug-likeness (QED) is 0.891. The normalized spacial score (nSPS) is 21.3. The van der Waals surface area contributed by atoms with Crippen molar-refractivity contribution in [2.24, 2.45) is 11.1 Å². The Labute approximate surface area is 157 Å². The van der Waals surface area contributed by atoms with Crippen molar-refractivity contribution in [2.45, 2.75) is 46.2 Å². The number of nitrogens with zero attached hydrogens (tertiary/aromatic N) is 3. The summed E-state index contributed by atoms with van der Waals surface area (Å²) < 4.78 is 7.49. The summed E-state index contributed by atoms with van der Waals surface area (Å²) in [4.78, 5) is 2.50. The monoisotopic (exact) mass is 356 g/mol. The van der Waals surface area contributed by atoms with Crippen molar-refractivity contribution in [3.05, 3.63) is 36.0 Å². The smallest absolute Gasteiger partial charge is 0.119 e. The van der Waals surface area contributed by atoms with Gasteiger partial charge in [-0.3, -0.25) is 9.58 Å². The average molecular weight is 357 g/mol. The van der Waals surface area contributed by atoms with Crippen molar-refractivity contribution in [1.29, 1.82) is 0 Å². The Morgan fingerprint density at radius 3 is 2.69 bits per heavy atom. The van der Waals surface area contributed by atoms with Crippen molar-refractivity contribution >= 4 is 0 Å². The predicted molar refractivity (Wildman–Crippen MR) is 106 cm³/mol. The van der Waals surface area contributed by atoms with Gasteiger partial charge in [-0.1, -0.05) is 19.1 Å². The van der Waals surface area contributed by atoms with Crippen molar-refractivity contribution in [3.8, 4) is 17.0 Å². The Bertz CT molecular complexity index is 762. The maximum absolute atomic E-state index is 5.98. The van der Waals surface area contributed by atoms with Crippen LogP contribution in [0.25, 0.3) is 11.3 Å². The summed E-state index contributed by atoms with van der Waals surface area (Å²) >= 11 is 0.